The van der Waals surface area contributed by atoms with Gasteiger partial charge in [-0.2, -0.15) is 0 Å². The van der Waals surface area contributed by atoms with Crippen LogP contribution >= 0.6 is 0 Å². The highest BCUT2D eigenvalue weighted by atomic mass is 16.5. The first-order valence-electron chi connectivity index (χ1n) is 11.9. The summed E-state index contributed by atoms with van der Waals surface area (Å²) in [4.78, 5) is 4.98. The van der Waals surface area contributed by atoms with Crippen molar-refractivity contribution in [3.63, 3.8) is 0 Å². The van der Waals surface area contributed by atoms with Crippen LogP contribution < -0.4 is 0 Å². The molecule has 1 aliphatic carbocycles. The fourth-order valence-corrected chi connectivity index (χ4v) is 4.59. The molecule has 0 radical (unpaired) electrons. The predicted octanol–water partition coefficient (Wildman–Crippen LogP) is 6.52. The van der Waals surface area contributed by atoms with Gasteiger partial charge in [-0.1, -0.05) is 73.4 Å². The maximum Gasteiger partial charge on any atom is 0.145 e. The second kappa shape index (κ2) is 9.95. The number of hydrogen-bond donors (Lipinski definition) is 0. The van der Waals surface area contributed by atoms with Crippen LogP contribution in [0, 0.1) is 29.6 Å². The van der Waals surface area contributed by atoms with Gasteiger partial charge in [-0.05, 0) is 50.0 Å². The first-order valence-corrected chi connectivity index (χ1v) is 11.9. The molecule has 164 valence electrons. The molecule has 2 heterocycles. The molecule has 2 aromatic heterocycles. The number of pyridine rings is 1. The van der Waals surface area contributed by atoms with E-state index in [-0.39, 0.29) is 0 Å². The molecule has 0 N–H and O–H groups in total. The van der Waals surface area contributed by atoms with Crippen molar-refractivity contribution >= 4 is 21.9 Å². The van der Waals surface area contributed by atoms with E-state index in [0.717, 1.165) is 38.8 Å². The van der Waals surface area contributed by atoms with E-state index in [1.807, 2.05) is 37.3 Å². The molecule has 0 bridgehead atoms. The van der Waals surface area contributed by atoms with Gasteiger partial charge in [0, 0.05) is 34.4 Å². The minimum Gasteiger partial charge on any atom is -0.361 e. The van der Waals surface area contributed by atoms with Gasteiger partial charge in [-0.15, -0.1) is 0 Å². The quantitative estimate of drug-likeness (QED) is 0.345. The van der Waals surface area contributed by atoms with Crippen LogP contribution in [0.3, 0.4) is 0 Å². The Morgan fingerprint density at radius 3 is 2.55 bits per heavy atom. The zero-order valence-corrected chi connectivity index (χ0v) is 19.1. The maximum atomic E-state index is 5.81. The van der Waals surface area contributed by atoms with Crippen molar-refractivity contribution in [2.45, 2.75) is 45.8 Å². The van der Waals surface area contributed by atoms with E-state index in [2.05, 4.69) is 58.6 Å². The molecule has 0 atom stereocenters. The van der Waals surface area contributed by atoms with Gasteiger partial charge in [0.1, 0.15) is 18.1 Å². The van der Waals surface area contributed by atoms with Crippen molar-refractivity contribution in [3.8, 4) is 23.7 Å². The van der Waals surface area contributed by atoms with Crippen molar-refractivity contribution in [2.24, 2.45) is 5.92 Å². The highest BCUT2D eigenvalue weighted by molar-refractivity contribution is 6.09. The zero-order valence-electron chi connectivity index (χ0n) is 19.1. The molecule has 0 aliphatic heterocycles. The van der Waals surface area contributed by atoms with Gasteiger partial charge >= 0.3 is 0 Å². The van der Waals surface area contributed by atoms with E-state index in [9.17, 15) is 0 Å². The van der Waals surface area contributed by atoms with Crippen molar-refractivity contribution in [2.75, 3.05) is 6.61 Å². The second-order valence-electron chi connectivity index (χ2n) is 8.54. The van der Waals surface area contributed by atoms with Gasteiger partial charge in [0.05, 0.1) is 5.52 Å². The summed E-state index contributed by atoms with van der Waals surface area (Å²) < 4.78 is 7.96. The molecule has 0 amide bonds. The molecule has 33 heavy (non-hydrogen) atoms. The van der Waals surface area contributed by atoms with E-state index < -0.39 is 0 Å². The smallest absolute Gasteiger partial charge is 0.145 e. The van der Waals surface area contributed by atoms with Crippen molar-refractivity contribution in [1.82, 2.24) is 9.55 Å². The van der Waals surface area contributed by atoms with Crippen LogP contribution in [0.5, 0.6) is 0 Å². The van der Waals surface area contributed by atoms with Crippen LogP contribution in [0.25, 0.3) is 21.9 Å². The number of ether oxygens (including phenoxy) is 1. The van der Waals surface area contributed by atoms with Crippen LogP contribution in [-0.2, 0) is 11.5 Å². The molecule has 5 rings (SSSR count). The highest BCUT2D eigenvalue weighted by Crippen LogP contribution is 2.31. The molecular weight excluding hydrogens is 404 g/mol. The van der Waals surface area contributed by atoms with Crippen molar-refractivity contribution in [1.29, 1.82) is 0 Å². The van der Waals surface area contributed by atoms with Gasteiger partial charge in [0.15, 0.2) is 0 Å². The Labute approximate surface area is 195 Å². The fourth-order valence-electron chi connectivity index (χ4n) is 4.59. The summed E-state index contributed by atoms with van der Waals surface area (Å²) in [5.41, 5.74) is 4.72. The lowest BCUT2D eigenvalue weighted by atomic mass is 9.89. The number of benzene rings is 2. The number of rotatable bonds is 3. The zero-order chi connectivity index (χ0) is 22.5. The Morgan fingerprint density at radius 1 is 0.939 bits per heavy atom. The normalized spacial score (nSPS) is 14.0. The van der Waals surface area contributed by atoms with E-state index in [4.69, 9.17) is 9.72 Å². The van der Waals surface area contributed by atoms with Gasteiger partial charge in [0.25, 0.3) is 0 Å². The van der Waals surface area contributed by atoms with E-state index in [1.165, 1.54) is 32.1 Å². The molecule has 1 aliphatic rings. The highest BCUT2D eigenvalue weighted by Gasteiger charge is 2.16. The summed E-state index contributed by atoms with van der Waals surface area (Å²) in [6.45, 7) is 3.12. The molecule has 2 aromatic carbocycles. The van der Waals surface area contributed by atoms with Crippen molar-refractivity contribution in [3.05, 3.63) is 77.5 Å². The standard InChI is InChI=1S/C30H28N2O/c1-2-33-22-32-28-16-10-9-15-27(28)29-25(19-17-23-11-5-3-6-12-23)21-26(31-30(29)32)20-18-24-13-7-4-8-14-24/h4,7-10,13-16,21,23H,2-3,5-6,11-12,22H2,1H3. The summed E-state index contributed by atoms with van der Waals surface area (Å²) in [6.07, 6.45) is 6.31. The van der Waals surface area contributed by atoms with Gasteiger partial charge in [-0.25, -0.2) is 4.98 Å². The third-order valence-electron chi connectivity index (χ3n) is 6.27. The predicted molar refractivity (Wildman–Crippen MR) is 135 cm³/mol. The summed E-state index contributed by atoms with van der Waals surface area (Å²) in [6, 6.07) is 20.5. The topological polar surface area (TPSA) is 27.1 Å². The maximum absolute atomic E-state index is 5.81. The third kappa shape index (κ3) is 4.65. The van der Waals surface area contributed by atoms with Gasteiger partial charge in [-0.3, -0.25) is 0 Å². The number of hydrogen-bond acceptors (Lipinski definition) is 2. The van der Waals surface area contributed by atoms with Gasteiger partial charge in [0.2, 0.25) is 0 Å². The SMILES string of the molecule is CCOCn1c2ccccc2c2c(C#CC3CCCCC3)cc(C#Cc3ccccc3)nc21. The molecule has 0 spiro atoms. The van der Waals surface area contributed by atoms with Crippen LogP contribution in [-0.4, -0.2) is 16.2 Å². The minimum absolute atomic E-state index is 0.457. The summed E-state index contributed by atoms with van der Waals surface area (Å²) in [7, 11) is 0. The molecule has 1 saturated carbocycles. The van der Waals surface area contributed by atoms with Crippen LogP contribution in [0.15, 0.2) is 60.7 Å². The Balaban J connectivity index is 1.69. The van der Waals surface area contributed by atoms with E-state index in [1.54, 1.807) is 0 Å². The van der Waals surface area contributed by atoms with Crippen molar-refractivity contribution < 1.29 is 4.74 Å². The summed E-state index contributed by atoms with van der Waals surface area (Å²) >= 11 is 0. The molecule has 3 heteroatoms. The number of nitrogens with zero attached hydrogens (tertiary/aromatic N) is 2. The second-order valence-corrected chi connectivity index (χ2v) is 8.54. The van der Waals surface area contributed by atoms with Crippen LogP contribution in [0.1, 0.15) is 55.8 Å². The van der Waals surface area contributed by atoms with Crippen LogP contribution in [0.4, 0.5) is 0 Å². The minimum atomic E-state index is 0.457. The molecule has 0 saturated heterocycles. The molecule has 0 unspecified atom stereocenters. The Bertz CT molecular complexity index is 1390. The monoisotopic (exact) mass is 432 g/mol. The van der Waals surface area contributed by atoms with E-state index in [0.29, 0.717) is 19.3 Å². The van der Waals surface area contributed by atoms with E-state index >= 15 is 0 Å². The Hall–Kier alpha value is -3.53. The lowest BCUT2D eigenvalue weighted by Crippen LogP contribution is -2.04. The van der Waals surface area contributed by atoms with Gasteiger partial charge < -0.3 is 9.30 Å². The molecule has 3 nitrogen and oxygen atoms in total. The number of fused-ring (bicyclic) bond motifs is 3. The van der Waals surface area contributed by atoms with Crippen LogP contribution in [0.2, 0.25) is 0 Å². The number of para-hydroxylation sites is 1. The molecule has 4 aromatic rings. The number of aromatic nitrogens is 2. The summed E-state index contributed by atoms with van der Waals surface area (Å²) in [5, 5.41) is 2.26. The average molecular weight is 433 g/mol. The third-order valence-corrected chi connectivity index (χ3v) is 6.27. The molecule has 1 fully saturated rings. The summed E-state index contributed by atoms with van der Waals surface area (Å²) in [5.74, 6) is 14.1. The Morgan fingerprint density at radius 2 is 1.73 bits per heavy atom. The molecular formula is C30H28N2O. The lowest BCUT2D eigenvalue weighted by molar-refractivity contribution is 0.0932. The Kier molecular flexibility index (Phi) is 6.43. The average Bonchev–Trinajstić information content (AvgIpc) is 3.19. The largest absolute Gasteiger partial charge is 0.361 e. The first kappa shape index (κ1) is 21.3. The fraction of sp³-hybridized carbons (Fsp3) is 0.300. The first-order chi connectivity index (χ1) is 16.3. The lowest BCUT2D eigenvalue weighted by Gasteiger charge is -2.15.